The molecule has 7 heteroatoms. The maximum atomic E-state index is 5.70. The van der Waals surface area contributed by atoms with E-state index >= 15 is 0 Å². The Morgan fingerprint density at radius 2 is 2.38 bits per heavy atom. The summed E-state index contributed by atoms with van der Waals surface area (Å²) in [5.74, 6) is 0.873. The molecule has 126 valence electrons. The third-order valence-electron chi connectivity index (χ3n) is 4.38. The molecule has 3 aromatic rings. The number of anilines is 1. The van der Waals surface area contributed by atoms with Crippen molar-refractivity contribution in [3.8, 4) is 0 Å². The molecule has 0 spiro atoms. The van der Waals surface area contributed by atoms with E-state index in [2.05, 4.69) is 44.7 Å². The highest BCUT2D eigenvalue weighted by Crippen LogP contribution is 2.27. The Bertz CT molecular complexity index is 787. The van der Waals surface area contributed by atoms with Crippen molar-refractivity contribution in [3.05, 3.63) is 47.0 Å². The van der Waals surface area contributed by atoms with Gasteiger partial charge in [-0.1, -0.05) is 6.07 Å². The van der Waals surface area contributed by atoms with E-state index in [0.29, 0.717) is 6.04 Å². The van der Waals surface area contributed by atoms with Gasteiger partial charge in [0.05, 0.1) is 18.8 Å². The second-order valence-electron chi connectivity index (χ2n) is 6.04. The fourth-order valence-electron chi connectivity index (χ4n) is 3.21. The second kappa shape index (κ2) is 6.88. The van der Waals surface area contributed by atoms with Crippen molar-refractivity contribution in [2.75, 3.05) is 31.6 Å². The number of hydrogen-bond donors (Lipinski definition) is 1. The largest absolute Gasteiger partial charge is 0.376 e. The molecule has 1 N–H and O–H groups in total. The molecule has 0 radical (unpaired) electrons. The zero-order valence-electron chi connectivity index (χ0n) is 13.6. The first-order valence-electron chi connectivity index (χ1n) is 8.22. The Kier molecular flexibility index (Phi) is 4.46. The van der Waals surface area contributed by atoms with Gasteiger partial charge in [-0.3, -0.25) is 4.90 Å². The Morgan fingerprint density at radius 3 is 3.21 bits per heavy atom. The molecular weight excluding hydrogens is 322 g/mol. The van der Waals surface area contributed by atoms with Gasteiger partial charge in [-0.2, -0.15) is 5.10 Å². The third kappa shape index (κ3) is 3.15. The topological polar surface area (TPSA) is 54.7 Å². The molecule has 4 rings (SSSR count). The number of rotatable bonds is 5. The SMILES string of the molecule is CC1CN(C(CNc2ncnn3cccc23)c2cccs2)CCO1. The molecule has 4 heterocycles. The van der Waals surface area contributed by atoms with E-state index < -0.39 is 0 Å². The van der Waals surface area contributed by atoms with Crippen molar-refractivity contribution in [3.63, 3.8) is 0 Å². The van der Waals surface area contributed by atoms with E-state index in [-0.39, 0.29) is 6.10 Å². The van der Waals surface area contributed by atoms with Crippen LogP contribution < -0.4 is 5.32 Å². The standard InChI is InChI=1S/C17H21N5OS/c1-13-11-21(7-8-23-13)15(16-5-3-9-24-16)10-18-17-14-4-2-6-22(14)20-12-19-17/h2-6,9,12-13,15H,7-8,10-11H2,1H3,(H,18,19,20). The maximum absolute atomic E-state index is 5.70. The number of nitrogens with zero attached hydrogens (tertiary/aromatic N) is 4. The lowest BCUT2D eigenvalue weighted by Crippen LogP contribution is -2.44. The van der Waals surface area contributed by atoms with Crippen LogP contribution in [0.1, 0.15) is 17.8 Å². The van der Waals surface area contributed by atoms with E-state index in [1.807, 2.05) is 22.8 Å². The molecular formula is C17H21N5OS. The minimum Gasteiger partial charge on any atom is -0.376 e. The van der Waals surface area contributed by atoms with E-state index in [1.165, 1.54) is 4.88 Å². The van der Waals surface area contributed by atoms with Gasteiger partial charge in [-0.15, -0.1) is 11.3 Å². The Labute approximate surface area is 145 Å². The zero-order chi connectivity index (χ0) is 16.4. The number of fused-ring (bicyclic) bond motifs is 1. The van der Waals surface area contributed by atoms with Gasteiger partial charge >= 0.3 is 0 Å². The second-order valence-corrected chi connectivity index (χ2v) is 7.01. The van der Waals surface area contributed by atoms with Gasteiger partial charge < -0.3 is 10.1 Å². The van der Waals surface area contributed by atoms with Crippen LogP contribution in [0, 0.1) is 0 Å². The van der Waals surface area contributed by atoms with E-state index in [1.54, 1.807) is 17.7 Å². The molecule has 1 saturated heterocycles. The summed E-state index contributed by atoms with van der Waals surface area (Å²) in [6.45, 7) is 5.65. The molecule has 6 nitrogen and oxygen atoms in total. The maximum Gasteiger partial charge on any atom is 0.153 e. The van der Waals surface area contributed by atoms with Gasteiger partial charge in [-0.25, -0.2) is 9.50 Å². The number of aromatic nitrogens is 3. The summed E-state index contributed by atoms with van der Waals surface area (Å²) >= 11 is 1.81. The molecule has 0 bridgehead atoms. The average Bonchev–Trinajstić information content (AvgIpc) is 3.27. The first-order valence-corrected chi connectivity index (χ1v) is 9.10. The Balaban J connectivity index is 1.55. The first kappa shape index (κ1) is 15.6. The number of morpholine rings is 1. The third-order valence-corrected chi connectivity index (χ3v) is 5.35. The lowest BCUT2D eigenvalue weighted by Gasteiger charge is -2.37. The molecule has 1 aliphatic rings. The van der Waals surface area contributed by atoms with Gasteiger partial charge in [-0.05, 0) is 30.5 Å². The summed E-state index contributed by atoms with van der Waals surface area (Å²) in [6, 6.07) is 8.66. The molecule has 24 heavy (non-hydrogen) atoms. The van der Waals surface area contributed by atoms with Crippen LogP contribution in [-0.4, -0.2) is 51.8 Å². The molecule has 0 amide bonds. The summed E-state index contributed by atoms with van der Waals surface area (Å²) < 4.78 is 7.54. The predicted octanol–water partition coefficient (Wildman–Crippen LogP) is 2.66. The molecule has 2 unspecified atom stereocenters. The van der Waals surface area contributed by atoms with Gasteiger partial charge in [0.15, 0.2) is 5.82 Å². The number of thiophene rings is 1. The van der Waals surface area contributed by atoms with Crippen LogP contribution in [0.25, 0.3) is 5.52 Å². The van der Waals surface area contributed by atoms with Crippen LogP contribution in [0.3, 0.4) is 0 Å². The molecule has 0 aliphatic carbocycles. The van der Waals surface area contributed by atoms with Gasteiger partial charge in [0.1, 0.15) is 11.8 Å². The molecule has 3 aromatic heterocycles. The van der Waals surface area contributed by atoms with Crippen molar-refractivity contribution < 1.29 is 4.74 Å². The average molecular weight is 343 g/mol. The highest BCUT2D eigenvalue weighted by Gasteiger charge is 2.26. The predicted molar refractivity (Wildman–Crippen MR) is 95.5 cm³/mol. The molecule has 0 aromatic carbocycles. The summed E-state index contributed by atoms with van der Waals surface area (Å²) in [7, 11) is 0. The fourth-order valence-corrected chi connectivity index (χ4v) is 4.08. The van der Waals surface area contributed by atoms with Gasteiger partial charge in [0, 0.05) is 30.7 Å². The smallest absolute Gasteiger partial charge is 0.153 e. The Hall–Kier alpha value is -1.96. The Morgan fingerprint density at radius 1 is 1.42 bits per heavy atom. The summed E-state index contributed by atoms with van der Waals surface area (Å²) in [4.78, 5) is 8.29. The van der Waals surface area contributed by atoms with Crippen molar-refractivity contribution in [2.45, 2.75) is 19.1 Å². The lowest BCUT2D eigenvalue weighted by atomic mass is 10.1. The summed E-state index contributed by atoms with van der Waals surface area (Å²) in [5, 5.41) is 9.89. The molecule has 1 aliphatic heterocycles. The monoisotopic (exact) mass is 343 g/mol. The highest BCUT2D eigenvalue weighted by molar-refractivity contribution is 7.10. The van der Waals surface area contributed by atoms with Crippen molar-refractivity contribution in [2.24, 2.45) is 0 Å². The van der Waals surface area contributed by atoms with Crippen LogP contribution in [0.2, 0.25) is 0 Å². The first-order chi connectivity index (χ1) is 11.8. The van der Waals surface area contributed by atoms with Crippen molar-refractivity contribution in [1.82, 2.24) is 19.5 Å². The van der Waals surface area contributed by atoms with E-state index in [4.69, 9.17) is 4.74 Å². The van der Waals surface area contributed by atoms with Crippen LogP contribution in [-0.2, 0) is 4.74 Å². The normalized spacial score (nSPS) is 20.3. The van der Waals surface area contributed by atoms with Crippen LogP contribution >= 0.6 is 11.3 Å². The quantitative estimate of drug-likeness (QED) is 0.772. The van der Waals surface area contributed by atoms with Gasteiger partial charge in [0.25, 0.3) is 0 Å². The number of ether oxygens (including phenoxy) is 1. The molecule has 0 saturated carbocycles. The van der Waals surface area contributed by atoms with Crippen LogP contribution in [0.5, 0.6) is 0 Å². The van der Waals surface area contributed by atoms with E-state index in [9.17, 15) is 0 Å². The summed E-state index contributed by atoms with van der Waals surface area (Å²) in [5.41, 5.74) is 0.998. The van der Waals surface area contributed by atoms with Crippen molar-refractivity contribution in [1.29, 1.82) is 0 Å². The molecule has 2 atom stereocenters. The van der Waals surface area contributed by atoms with E-state index in [0.717, 1.165) is 37.6 Å². The zero-order valence-corrected chi connectivity index (χ0v) is 14.4. The summed E-state index contributed by atoms with van der Waals surface area (Å²) in [6.07, 6.45) is 3.80. The van der Waals surface area contributed by atoms with Crippen LogP contribution in [0.4, 0.5) is 5.82 Å². The van der Waals surface area contributed by atoms with Gasteiger partial charge in [0.2, 0.25) is 0 Å². The van der Waals surface area contributed by atoms with Crippen LogP contribution in [0.15, 0.2) is 42.2 Å². The lowest BCUT2D eigenvalue weighted by molar-refractivity contribution is -0.0322. The number of hydrogen-bond acceptors (Lipinski definition) is 6. The van der Waals surface area contributed by atoms with Crippen molar-refractivity contribution >= 4 is 22.7 Å². The minimum absolute atomic E-state index is 0.276. The fraction of sp³-hybridized carbons (Fsp3) is 0.412. The molecule has 1 fully saturated rings. The number of nitrogens with one attached hydrogen (secondary N) is 1. The minimum atomic E-state index is 0.276. The highest BCUT2D eigenvalue weighted by atomic mass is 32.1.